The van der Waals surface area contributed by atoms with Crippen LogP contribution < -0.4 is 14.8 Å². The van der Waals surface area contributed by atoms with Gasteiger partial charge in [0.15, 0.2) is 11.5 Å². The lowest BCUT2D eigenvalue weighted by molar-refractivity contribution is -0.137. The lowest BCUT2D eigenvalue weighted by atomic mass is 9.81. The zero-order chi connectivity index (χ0) is 19.7. The smallest absolute Gasteiger partial charge is 0.327 e. The first-order chi connectivity index (χ1) is 13.5. The number of nitrogens with zero attached hydrogens (tertiary/aromatic N) is 2. The van der Waals surface area contributed by atoms with Gasteiger partial charge in [0.1, 0.15) is 24.8 Å². The Kier molecular flexibility index (Phi) is 4.87. The molecule has 28 heavy (non-hydrogen) atoms. The first-order valence-corrected chi connectivity index (χ1v) is 9.76. The molecule has 1 spiro atoms. The number of hydrogen-bond donors (Lipinski definition) is 1. The Balaban J connectivity index is 1.33. The maximum absolute atomic E-state index is 12.9. The molecule has 0 aromatic heterocycles. The van der Waals surface area contributed by atoms with Crippen LogP contribution in [0.15, 0.2) is 24.3 Å². The molecule has 0 unspecified atom stereocenters. The van der Waals surface area contributed by atoms with Crippen molar-refractivity contribution < 1.29 is 23.9 Å². The van der Waals surface area contributed by atoms with E-state index in [0.29, 0.717) is 30.9 Å². The summed E-state index contributed by atoms with van der Waals surface area (Å²) in [6.07, 6.45) is 3.92. The van der Waals surface area contributed by atoms with E-state index in [1.54, 1.807) is 7.05 Å². The van der Waals surface area contributed by atoms with E-state index >= 15 is 0 Å². The topological polar surface area (TPSA) is 88.2 Å². The number of benzene rings is 1. The second kappa shape index (κ2) is 7.33. The molecule has 1 saturated carbocycles. The fraction of sp³-hybridized carbons (Fsp3) is 0.550. The summed E-state index contributed by atoms with van der Waals surface area (Å²) in [5, 5.41) is 2.75. The number of carbonyl (C=O) groups excluding carboxylic acids is 3. The van der Waals surface area contributed by atoms with Crippen LogP contribution in [0.25, 0.3) is 0 Å². The second-order valence-electron chi connectivity index (χ2n) is 7.63. The van der Waals surface area contributed by atoms with Crippen LogP contribution in [-0.4, -0.2) is 66.0 Å². The first kappa shape index (κ1) is 18.6. The predicted octanol–water partition coefficient (Wildman–Crippen LogP) is 1.54. The third-order valence-corrected chi connectivity index (χ3v) is 5.88. The molecule has 0 radical (unpaired) electrons. The zero-order valence-electron chi connectivity index (χ0n) is 16.0. The van der Waals surface area contributed by atoms with Gasteiger partial charge in [0, 0.05) is 7.05 Å². The molecule has 1 N–H and O–H groups in total. The fourth-order valence-corrected chi connectivity index (χ4v) is 4.26. The van der Waals surface area contributed by atoms with Gasteiger partial charge in [-0.3, -0.25) is 14.5 Å². The van der Waals surface area contributed by atoms with Gasteiger partial charge in [0.2, 0.25) is 5.91 Å². The second-order valence-corrected chi connectivity index (χ2v) is 7.63. The molecule has 150 valence electrons. The average molecular weight is 387 g/mol. The summed E-state index contributed by atoms with van der Waals surface area (Å²) in [7, 11) is 1.66. The Labute approximate surface area is 163 Å². The summed E-state index contributed by atoms with van der Waals surface area (Å²) in [6, 6.07) is 6.96. The molecule has 8 nitrogen and oxygen atoms in total. The largest absolute Gasteiger partial charge is 0.486 e. The maximum Gasteiger partial charge on any atom is 0.327 e. The number of imide groups is 1. The summed E-state index contributed by atoms with van der Waals surface area (Å²) in [4.78, 5) is 40.5. The van der Waals surface area contributed by atoms with Crippen LogP contribution in [0.2, 0.25) is 0 Å². The molecule has 1 atom stereocenters. The van der Waals surface area contributed by atoms with Crippen LogP contribution in [0.5, 0.6) is 11.5 Å². The SMILES string of the molecule is CN1C(=O)N(CC(=O)NC[C@H]2COc3ccccc3O2)C(=O)C12CCCCC2. The standard InChI is InChI=1S/C20H25N3O5/c1-22-19(26)23(18(25)20(22)9-5-2-6-10-20)12-17(24)21-11-14-13-27-15-7-3-4-8-16(15)28-14/h3-4,7-8,14H,2,5-6,9-13H2,1H3,(H,21,24)/t14-/m0/s1. The van der Waals surface area contributed by atoms with Gasteiger partial charge in [-0.1, -0.05) is 31.4 Å². The summed E-state index contributed by atoms with van der Waals surface area (Å²) < 4.78 is 11.4. The van der Waals surface area contributed by atoms with Gasteiger partial charge in [-0.15, -0.1) is 0 Å². The van der Waals surface area contributed by atoms with Crippen molar-refractivity contribution in [1.29, 1.82) is 0 Å². The molecular formula is C20H25N3O5. The molecule has 0 bridgehead atoms. The van der Waals surface area contributed by atoms with Crippen LogP contribution in [0.4, 0.5) is 4.79 Å². The maximum atomic E-state index is 12.9. The number of nitrogens with one attached hydrogen (secondary N) is 1. The fourth-order valence-electron chi connectivity index (χ4n) is 4.26. The first-order valence-electron chi connectivity index (χ1n) is 9.76. The minimum absolute atomic E-state index is 0.240. The summed E-state index contributed by atoms with van der Waals surface area (Å²) in [5.74, 6) is 0.685. The molecule has 4 amide bonds. The minimum Gasteiger partial charge on any atom is -0.486 e. The minimum atomic E-state index is -0.764. The molecule has 1 aromatic carbocycles. The molecule has 2 fully saturated rings. The summed E-state index contributed by atoms with van der Waals surface area (Å²) >= 11 is 0. The average Bonchev–Trinajstić information content (AvgIpc) is 2.89. The van der Waals surface area contributed by atoms with Gasteiger partial charge >= 0.3 is 6.03 Å². The lowest BCUT2D eigenvalue weighted by Crippen LogP contribution is -2.50. The van der Waals surface area contributed by atoms with Gasteiger partial charge in [0.25, 0.3) is 5.91 Å². The molecule has 2 aliphatic heterocycles. The zero-order valence-corrected chi connectivity index (χ0v) is 16.0. The van der Waals surface area contributed by atoms with E-state index in [9.17, 15) is 14.4 Å². The van der Waals surface area contributed by atoms with Crippen molar-refractivity contribution in [2.24, 2.45) is 0 Å². The Bertz CT molecular complexity index is 790. The number of amides is 4. The molecule has 3 aliphatic rings. The molecule has 1 aromatic rings. The molecule has 4 rings (SSSR count). The van der Waals surface area contributed by atoms with E-state index in [0.717, 1.165) is 24.2 Å². The number of likely N-dealkylation sites (N-methyl/N-ethyl adjacent to an activating group) is 1. The number of rotatable bonds is 4. The van der Waals surface area contributed by atoms with Crippen molar-refractivity contribution in [3.63, 3.8) is 0 Å². The van der Waals surface area contributed by atoms with Crippen molar-refractivity contribution in [3.8, 4) is 11.5 Å². The van der Waals surface area contributed by atoms with E-state index in [-0.39, 0.29) is 31.0 Å². The van der Waals surface area contributed by atoms with Crippen LogP contribution in [0, 0.1) is 0 Å². The quantitative estimate of drug-likeness (QED) is 0.792. The molecular weight excluding hydrogens is 362 g/mol. The van der Waals surface area contributed by atoms with Crippen molar-refractivity contribution in [1.82, 2.24) is 15.1 Å². The highest BCUT2D eigenvalue weighted by molar-refractivity contribution is 6.08. The highest BCUT2D eigenvalue weighted by atomic mass is 16.6. The highest BCUT2D eigenvalue weighted by Crippen LogP contribution is 2.39. The third-order valence-electron chi connectivity index (χ3n) is 5.88. The van der Waals surface area contributed by atoms with Gasteiger partial charge in [0.05, 0.1) is 6.54 Å². The van der Waals surface area contributed by atoms with Crippen LogP contribution in [-0.2, 0) is 9.59 Å². The Hall–Kier alpha value is -2.77. The Morgan fingerprint density at radius 2 is 1.89 bits per heavy atom. The predicted molar refractivity (Wildman–Crippen MR) is 100 cm³/mol. The number of hydrogen-bond acceptors (Lipinski definition) is 5. The van der Waals surface area contributed by atoms with Crippen molar-refractivity contribution in [2.75, 3.05) is 26.7 Å². The highest BCUT2D eigenvalue weighted by Gasteiger charge is 2.55. The summed E-state index contributed by atoms with van der Waals surface area (Å²) in [6.45, 7) is 0.295. The third kappa shape index (κ3) is 3.16. The molecule has 8 heteroatoms. The van der Waals surface area contributed by atoms with E-state index < -0.39 is 11.6 Å². The van der Waals surface area contributed by atoms with Crippen LogP contribution in [0.1, 0.15) is 32.1 Å². The molecule has 1 aliphatic carbocycles. The molecule has 2 heterocycles. The lowest BCUT2D eigenvalue weighted by Gasteiger charge is -2.35. The monoisotopic (exact) mass is 387 g/mol. The van der Waals surface area contributed by atoms with Crippen molar-refractivity contribution in [3.05, 3.63) is 24.3 Å². The Morgan fingerprint density at radius 1 is 1.18 bits per heavy atom. The van der Waals surface area contributed by atoms with Gasteiger partial charge in [-0.2, -0.15) is 0 Å². The Morgan fingerprint density at radius 3 is 2.64 bits per heavy atom. The van der Waals surface area contributed by atoms with Gasteiger partial charge in [-0.05, 0) is 25.0 Å². The number of ether oxygens (including phenoxy) is 2. The number of carbonyl (C=O) groups is 3. The van der Waals surface area contributed by atoms with Crippen LogP contribution >= 0.6 is 0 Å². The van der Waals surface area contributed by atoms with Crippen molar-refractivity contribution in [2.45, 2.75) is 43.7 Å². The summed E-state index contributed by atoms with van der Waals surface area (Å²) in [5.41, 5.74) is -0.764. The number of para-hydroxylation sites is 2. The molecule has 1 saturated heterocycles. The van der Waals surface area contributed by atoms with Crippen LogP contribution in [0.3, 0.4) is 0 Å². The van der Waals surface area contributed by atoms with E-state index in [2.05, 4.69) is 5.32 Å². The van der Waals surface area contributed by atoms with E-state index in [1.165, 1.54) is 4.90 Å². The van der Waals surface area contributed by atoms with E-state index in [1.807, 2.05) is 24.3 Å². The van der Waals surface area contributed by atoms with Gasteiger partial charge < -0.3 is 19.7 Å². The number of fused-ring (bicyclic) bond motifs is 1. The number of urea groups is 1. The normalized spacial score (nSPS) is 23.2. The van der Waals surface area contributed by atoms with Crippen molar-refractivity contribution >= 4 is 17.8 Å². The van der Waals surface area contributed by atoms with E-state index in [4.69, 9.17) is 9.47 Å². The van der Waals surface area contributed by atoms with Gasteiger partial charge in [-0.25, -0.2) is 4.79 Å².